The van der Waals surface area contributed by atoms with Crippen molar-refractivity contribution in [1.29, 1.82) is 5.41 Å². The molecule has 30 heavy (non-hydrogen) atoms. The molecule has 0 spiro atoms. The molecule has 0 bridgehead atoms. The summed E-state index contributed by atoms with van der Waals surface area (Å²) in [6, 6.07) is 13.0. The average Bonchev–Trinajstić information content (AvgIpc) is 3.19. The van der Waals surface area contributed by atoms with Crippen LogP contribution in [0.15, 0.2) is 64.6 Å². The zero-order valence-corrected chi connectivity index (χ0v) is 17.7. The van der Waals surface area contributed by atoms with Gasteiger partial charge in [-0.3, -0.25) is 15.1 Å². The highest BCUT2D eigenvalue weighted by Gasteiger charge is 2.31. The summed E-state index contributed by atoms with van der Waals surface area (Å²) in [5, 5.41) is 11.0. The van der Waals surface area contributed by atoms with Crippen LogP contribution in [0.3, 0.4) is 0 Å². The molecule has 0 saturated carbocycles. The van der Waals surface area contributed by atoms with E-state index in [9.17, 15) is 4.79 Å². The predicted molar refractivity (Wildman–Crippen MR) is 120 cm³/mol. The number of ether oxygens (including phenoxy) is 2. The molecule has 152 valence electrons. The van der Waals surface area contributed by atoms with Crippen molar-refractivity contribution < 1.29 is 14.3 Å². The van der Waals surface area contributed by atoms with E-state index in [1.807, 2.05) is 31.2 Å². The molecule has 4 rings (SSSR count). The minimum atomic E-state index is -0.438. The van der Waals surface area contributed by atoms with Crippen molar-refractivity contribution in [2.75, 3.05) is 13.2 Å². The van der Waals surface area contributed by atoms with Crippen LogP contribution in [-0.2, 0) is 4.79 Å². The van der Waals surface area contributed by atoms with Gasteiger partial charge >= 0.3 is 0 Å². The van der Waals surface area contributed by atoms with Gasteiger partial charge in [0.15, 0.2) is 5.17 Å². The van der Waals surface area contributed by atoms with Crippen LogP contribution in [0.25, 0.3) is 6.08 Å². The lowest BCUT2D eigenvalue weighted by molar-refractivity contribution is -0.114. The quantitative estimate of drug-likeness (QED) is 0.512. The Morgan fingerprint density at radius 3 is 2.70 bits per heavy atom. The number of nitrogens with zero attached hydrogens (tertiary/aromatic N) is 2. The molecular weight excluding hydrogens is 422 g/mol. The Balaban J connectivity index is 1.39. The third-order valence-electron chi connectivity index (χ3n) is 4.41. The van der Waals surface area contributed by atoms with E-state index >= 15 is 0 Å². The van der Waals surface area contributed by atoms with Gasteiger partial charge in [0.25, 0.3) is 5.91 Å². The fraction of sp³-hybridized carbons (Fsp3) is 0.136. The van der Waals surface area contributed by atoms with Crippen LogP contribution in [0.1, 0.15) is 11.1 Å². The monoisotopic (exact) mass is 439 g/mol. The molecule has 1 amide bonds. The maximum absolute atomic E-state index is 12.3. The molecule has 0 radical (unpaired) electrons. The Labute approximate surface area is 183 Å². The van der Waals surface area contributed by atoms with Gasteiger partial charge in [0.1, 0.15) is 30.5 Å². The van der Waals surface area contributed by atoms with Gasteiger partial charge in [-0.1, -0.05) is 47.1 Å². The highest BCUT2D eigenvalue weighted by molar-refractivity contribution is 8.16. The smallest absolute Gasteiger partial charge is 0.283 e. The van der Waals surface area contributed by atoms with Crippen molar-refractivity contribution in [2.24, 2.45) is 4.99 Å². The van der Waals surface area contributed by atoms with Crippen LogP contribution in [0.2, 0.25) is 5.02 Å². The van der Waals surface area contributed by atoms with E-state index in [1.165, 1.54) is 17.3 Å². The molecule has 6 nitrogen and oxygen atoms in total. The fourth-order valence-electron chi connectivity index (χ4n) is 2.87. The number of aliphatic imine (C=N–C) groups is 1. The maximum atomic E-state index is 12.3. The van der Waals surface area contributed by atoms with Crippen LogP contribution in [-0.4, -0.2) is 35.0 Å². The first-order valence-electron chi connectivity index (χ1n) is 9.19. The standard InChI is InChI=1S/C22H18ClN3O3S/c1-14-2-5-16(6-3-14)28-9-10-29-19-7-4-15(13-18(19)23)12-17-20(24)26-8-11-30-22(26)25-21(17)27/h2-8,11-13,24H,9-10H2,1H3/b17-12-,24-20?. The molecular formula is C22H18ClN3O3S. The van der Waals surface area contributed by atoms with Crippen molar-refractivity contribution in [3.8, 4) is 11.5 Å². The minimum absolute atomic E-state index is 0.0935. The number of aryl methyl sites for hydroxylation is 1. The molecule has 2 aliphatic heterocycles. The number of carbonyl (C=O) groups excluding carboxylic acids is 1. The number of nitrogens with one attached hydrogen (secondary N) is 1. The Hall–Kier alpha value is -3.03. The largest absolute Gasteiger partial charge is 0.490 e. The summed E-state index contributed by atoms with van der Waals surface area (Å²) in [6.07, 6.45) is 3.33. The molecule has 8 heteroatoms. The summed E-state index contributed by atoms with van der Waals surface area (Å²) < 4.78 is 11.3. The number of benzene rings is 2. The van der Waals surface area contributed by atoms with Gasteiger partial charge in [0.2, 0.25) is 0 Å². The average molecular weight is 440 g/mol. The highest BCUT2D eigenvalue weighted by Crippen LogP contribution is 2.29. The number of thioether (sulfide) groups is 1. The summed E-state index contributed by atoms with van der Waals surface area (Å²) in [6.45, 7) is 2.75. The molecule has 1 N–H and O–H groups in total. The summed E-state index contributed by atoms with van der Waals surface area (Å²) >= 11 is 7.65. The SMILES string of the molecule is Cc1ccc(OCCOc2ccc(/C=C3/C(=N)N4C=CSC4=NC3=O)cc2Cl)cc1. The van der Waals surface area contributed by atoms with Gasteiger partial charge in [0.05, 0.1) is 10.6 Å². The Bertz CT molecular complexity index is 1090. The zero-order valence-electron chi connectivity index (χ0n) is 16.1. The van der Waals surface area contributed by atoms with E-state index in [1.54, 1.807) is 40.8 Å². The van der Waals surface area contributed by atoms with Crippen molar-refractivity contribution >= 4 is 46.3 Å². The summed E-state index contributed by atoms with van der Waals surface area (Å²) in [5.41, 5.74) is 2.07. The van der Waals surface area contributed by atoms with Crippen LogP contribution >= 0.6 is 23.4 Å². The lowest BCUT2D eigenvalue weighted by atomic mass is 10.1. The number of fused-ring (bicyclic) bond motifs is 1. The van der Waals surface area contributed by atoms with Gasteiger partial charge in [-0.2, -0.15) is 4.99 Å². The first-order valence-corrected chi connectivity index (χ1v) is 10.4. The van der Waals surface area contributed by atoms with Gasteiger partial charge < -0.3 is 9.47 Å². The number of hydrogen-bond donors (Lipinski definition) is 1. The Morgan fingerprint density at radius 1 is 1.17 bits per heavy atom. The van der Waals surface area contributed by atoms with Crippen molar-refractivity contribution in [2.45, 2.75) is 6.92 Å². The van der Waals surface area contributed by atoms with Crippen LogP contribution in [0.5, 0.6) is 11.5 Å². The van der Waals surface area contributed by atoms with Gasteiger partial charge in [-0.05, 0) is 48.2 Å². The highest BCUT2D eigenvalue weighted by atomic mass is 35.5. The summed E-state index contributed by atoms with van der Waals surface area (Å²) in [5.74, 6) is 0.965. The lowest BCUT2D eigenvalue weighted by Gasteiger charge is -2.22. The number of halogens is 1. The van der Waals surface area contributed by atoms with E-state index in [4.69, 9.17) is 26.5 Å². The molecule has 2 aliphatic rings. The van der Waals surface area contributed by atoms with Crippen molar-refractivity contribution in [3.63, 3.8) is 0 Å². The first-order chi connectivity index (χ1) is 14.5. The third-order valence-corrected chi connectivity index (χ3v) is 5.46. The van der Waals surface area contributed by atoms with E-state index < -0.39 is 5.91 Å². The fourth-order valence-corrected chi connectivity index (χ4v) is 3.82. The van der Waals surface area contributed by atoms with E-state index in [2.05, 4.69) is 4.99 Å². The van der Waals surface area contributed by atoms with Crippen molar-refractivity contribution in [3.05, 3.63) is 75.8 Å². The number of hydrogen-bond acceptors (Lipinski definition) is 5. The molecule has 0 aliphatic carbocycles. The number of amidine groups is 2. The zero-order chi connectivity index (χ0) is 21.1. The summed E-state index contributed by atoms with van der Waals surface area (Å²) in [7, 11) is 0. The van der Waals surface area contributed by atoms with E-state index in [-0.39, 0.29) is 11.4 Å². The second-order valence-electron chi connectivity index (χ2n) is 6.58. The second kappa shape index (κ2) is 8.77. The molecule has 0 aromatic heterocycles. The molecule has 2 aromatic carbocycles. The predicted octanol–water partition coefficient (Wildman–Crippen LogP) is 4.88. The Morgan fingerprint density at radius 2 is 1.93 bits per heavy atom. The molecule has 0 unspecified atom stereocenters. The van der Waals surface area contributed by atoms with E-state index in [0.29, 0.717) is 34.7 Å². The molecule has 0 saturated heterocycles. The van der Waals surface area contributed by atoms with Crippen LogP contribution < -0.4 is 9.47 Å². The van der Waals surface area contributed by atoms with Gasteiger partial charge in [0, 0.05) is 6.20 Å². The molecule has 0 atom stereocenters. The normalized spacial score (nSPS) is 16.7. The minimum Gasteiger partial charge on any atom is -0.490 e. The second-order valence-corrected chi connectivity index (χ2v) is 7.86. The van der Waals surface area contributed by atoms with Crippen LogP contribution in [0.4, 0.5) is 0 Å². The van der Waals surface area contributed by atoms with Gasteiger partial charge in [-0.25, -0.2) is 0 Å². The van der Waals surface area contributed by atoms with Gasteiger partial charge in [-0.15, -0.1) is 0 Å². The lowest BCUT2D eigenvalue weighted by Crippen LogP contribution is -2.35. The summed E-state index contributed by atoms with van der Waals surface area (Å²) in [4.78, 5) is 17.9. The third kappa shape index (κ3) is 4.42. The first kappa shape index (κ1) is 20.3. The molecule has 2 heterocycles. The maximum Gasteiger partial charge on any atom is 0.283 e. The van der Waals surface area contributed by atoms with E-state index in [0.717, 1.165) is 5.75 Å². The number of rotatable bonds is 6. The number of carbonyl (C=O) groups is 1. The van der Waals surface area contributed by atoms with Crippen LogP contribution in [0, 0.1) is 12.3 Å². The topological polar surface area (TPSA) is 75.0 Å². The van der Waals surface area contributed by atoms with Crippen molar-refractivity contribution in [1.82, 2.24) is 4.90 Å². The number of amides is 1. The molecule has 2 aromatic rings. The Kier molecular flexibility index (Phi) is 5.92. The molecule has 0 fully saturated rings.